The second kappa shape index (κ2) is 6.93. The van der Waals surface area contributed by atoms with Gasteiger partial charge in [0.15, 0.2) is 0 Å². The molecule has 0 radical (unpaired) electrons. The van der Waals surface area contributed by atoms with Gasteiger partial charge >= 0.3 is 0 Å². The topological polar surface area (TPSA) is 80.5 Å². The molecule has 0 bridgehead atoms. The fourth-order valence-electron chi connectivity index (χ4n) is 2.18. The monoisotopic (exact) mass is 252 g/mol. The fraction of sp³-hybridized carbons (Fsp3) is 0.615. The molecule has 0 atom stereocenters. The molecule has 2 aliphatic rings. The van der Waals surface area contributed by atoms with Crippen molar-refractivity contribution in [1.29, 1.82) is 0 Å². The predicted molar refractivity (Wildman–Crippen MR) is 67.4 cm³/mol. The maximum Gasteiger partial charge on any atom is 0.253 e. The molecule has 1 heterocycles. The molecule has 5 heteroatoms. The number of carbonyl (C=O) groups excluding carboxylic acids is 3. The second-order valence-corrected chi connectivity index (χ2v) is 4.53. The van der Waals surface area contributed by atoms with Crippen LogP contribution in [0, 0.1) is 0 Å². The Balaban J connectivity index is 0.000000232. The molecule has 2 N–H and O–H groups in total. The van der Waals surface area contributed by atoms with Gasteiger partial charge in [-0.3, -0.25) is 19.3 Å². The minimum Gasteiger partial charge on any atom is -0.370 e. The number of nitrogens with two attached hydrogens (primary N) is 1. The van der Waals surface area contributed by atoms with Gasteiger partial charge in [-0.2, -0.15) is 0 Å². The van der Waals surface area contributed by atoms with E-state index in [1.54, 1.807) is 0 Å². The highest BCUT2D eigenvalue weighted by Crippen LogP contribution is 2.25. The van der Waals surface area contributed by atoms with E-state index in [1.165, 1.54) is 17.1 Å². The number of nitrogens with zero attached hydrogens (tertiary/aromatic N) is 1. The summed E-state index contributed by atoms with van der Waals surface area (Å²) in [6.45, 7) is 1.92. The van der Waals surface area contributed by atoms with E-state index < -0.39 is 0 Å². The fourth-order valence-corrected chi connectivity index (χ4v) is 2.18. The number of hydrogen-bond donors (Lipinski definition) is 1. The van der Waals surface area contributed by atoms with Crippen LogP contribution >= 0.6 is 0 Å². The summed E-state index contributed by atoms with van der Waals surface area (Å²) in [4.78, 5) is 33.6. The number of amides is 3. The Bertz CT molecular complexity index is 339. The first-order chi connectivity index (χ1) is 8.56. The van der Waals surface area contributed by atoms with Crippen molar-refractivity contribution in [2.24, 2.45) is 5.73 Å². The quantitative estimate of drug-likeness (QED) is 0.764. The van der Waals surface area contributed by atoms with E-state index >= 15 is 0 Å². The van der Waals surface area contributed by atoms with Gasteiger partial charge in [-0.1, -0.05) is 19.8 Å². The maximum atomic E-state index is 11.2. The lowest BCUT2D eigenvalue weighted by molar-refractivity contribution is -0.139. The van der Waals surface area contributed by atoms with Crippen LogP contribution in [-0.2, 0) is 14.4 Å². The highest BCUT2D eigenvalue weighted by atomic mass is 16.2. The van der Waals surface area contributed by atoms with Crippen molar-refractivity contribution >= 4 is 17.7 Å². The van der Waals surface area contributed by atoms with E-state index in [2.05, 4.69) is 0 Å². The predicted octanol–water partition coefficient (Wildman–Crippen LogP) is 1.13. The van der Waals surface area contributed by atoms with E-state index in [0.717, 1.165) is 32.1 Å². The highest BCUT2D eigenvalue weighted by Gasteiger charge is 2.32. The highest BCUT2D eigenvalue weighted by molar-refractivity contribution is 6.13. The summed E-state index contributed by atoms with van der Waals surface area (Å²) in [6, 6.07) is 0.181. The normalized spacial score (nSPS) is 19.1. The van der Waals surface area contributed by atoms with Gasteiger partial charge in [-0.15, -0.1) is 0 Å². The van der Waals surface area contributed by atoms with Crippen LogP contribution in [0.4, 0.5) is 0 Å². The van der Waals surface area contributed by atoms with Gasteiger partial charge in [-0.25, -0.2) is 0 Å². The number of rotatable bonds is 3. The third-order valence-electron chi connectivity index (χ3n) is 3.03. The van der Waals surface area contributed by atoms with Gasteiger partial charge in [0, 0.05) is 24.6 Å². The lowest BCUT2D eigenvalue weighted by Gasteiger charge is -2.20. The molecule has 0 aromatic rings. The smallest absolute Gasteiger partial charge is 0.253 e. The largest absolute Gasteiger partial charge is 0.370 e. The first-order valence-corrected chi connectivity index (χ1v) is 6.39. The van der Waals surface area contributed by atoms with Crippen LogP contribution < -0.4 is 5.73 Å². The Labute approximate surface area is 107 Å². The summed E-state index contributed by atoms with van der Waals surface area (Å²) in [5.74, 6) is -0.476. The Morgan fingerprint density at radius 1 is 1.28 bits per heavy atom. The van der Waals surface area contributed by atoms with Gasteiger partial charge in [0.1, 0.15) is 0 Å². The van der Waals surface area contributed by atoms with Crippen molar-refractivity contribution in [1.82, 2.24) is 4.90 Å². The summed E-state index contributed by atoms with van der Waals surface area (Å²) in [5.41, 5.74) is 4.76. The van der Waals surface area contributed by atoms with Crippen molar-refractivity contribution < 1.29 is 14.4 Å². The molecule has 3 amide bonds. The van der Waals surface area contributed by atoms with Gasteiger partial charge in [-0.05, 0) is 19.3 Å². The first-order valence-electron chi connectivity index (χ1n) is 6.39. The maximum absolute atomic E-state index is 11.2. The number of hydrogen-bond acceptors (Lipinski definition) is 3. The summed E-state index contributed by atoms with van der Waals surface area (Å²) in [7, 11) is 0. The van der Waals surface area contributed by atoms with Crippen molar-refractivity contribution in [3.63, 3.8) is 0 Å². The van der Waals surface area contributed by atoms with Crippen molar-refractivity contribution in [2.45, 2.75) is 51.5 Å². The summed E-state index contributed by atoms with van der Waals surface area (Å²) < 4.78 is 0. The van der Waals surface area contributed by atoms with E-state index in [9.17, 15) is 14.4 Å². The lowest BCUT2D eigenvalue weighted by atomic mass is 10.2. The molecule has 0 unspecified atom stereocenters. The Morgan fingerprint density at radius 2 is 1.78 bits per heavy atom. The molecular formula is C13H20N2O3. The van der Waals surface area contributed by atoms with Gasteiger partial charge in [0.2, 0.25) is 5.91 Å². The van der Waals surface area contributed by atoms with Gasteiger partial charge < -0.3 is 5.73 Å². The molecule has 1 saturated carbocycles. The standard InChI is InChI=1S/C9H11NO2.C4H9NO/c11-8-5-6-9(12)10(8)7-3-1-2-4-7;1-2-3-4(5)6/h5-7H,1-4H2;2-3H2,1H3,(H2,5,6). The van der Waals surface area contributed by atoms with E-state index in [-0.39, 0.29) is 23.8 Å². The lowest BCUT2D eigenvalue weighted by Crippen LogP contribution is -2.38. The van der Waals surface area contributed by atoms with Crippen LogP contribution in [0.15, 0.2) is 12.2 Å². The van der Waals surface area contributed by atoms with Crippen LogP contribution in [0.1, 0.15) is 45.4 Å². The van der Waals surface area contributed by atoms with E-state index in [1.807, 2.05) is 6.92 Å². The van der Waals surface area contributed by atoms with Gasteiger partial charge in [0.05, 0.1) is 0 Å². The van der Waals surface area contributed by atoms with Crippen molar-refractivity contribution in [2.75, 3.05) is 0 Å². The Kier molecular flexibility index (Phi) is 5.55. The molecule has 1 aliphatic carbocycles. The molecule has 2 rings (SSSR count). The van der Waals surface area contributed by atoms with Crippen LogP contribution in [-0.4, -0.2) is 28.7 Å². The van der Waals surface area contributed by atoms with Crippen LogP contribution in [0.5, 0.6) is 0 Å². The zero-order chi connectivity index (χ0) is 13.5. The van der Waals surface area contributed by atoms with Crippen LogP contribution in [0.2, 0.25) is 0 Å². The minimum absolute atomic E-state index is 0.132. The third kappa shape index (κ3) is 3.98. The zero-order valence-electron chi connectivity index (χ0n) is 10.7. The minimum atomic E-state index is -0.211. The molecule has 0 spiro atoms. The Hall–Kier alpha value is -1.65. The van der Waals surface area contributed by atoms with Crippen LogP contribution in [0.3, 0.4) is 0 Å². The molecule has 18 heavy (non-hydrogen) atoms. The second-order valence-electron chi connectivity index (χ2n) is 4.53. The summed E-state index contributed by atoms with van der Waals surface area (Å²) in [6.07, 6.45) is 8.35. The zero-order valence-corrected chi connectivity index (χ0v) is 10.7. The molecule has 0 saturated heterocycles. The van der Waals surface area contributed by atoms with E-state index in [0.29, 0.717) is 6.42 Å². The number of primary amides is 1. The molecule has 0 aromatic heterocycles. The molecule has 1 aliphatic heterocycles. The number of imide groups is 1. The molecule has 5 nitrogen and oxygen atoms in total. The number of carbonyl (C=O) groups is 3. The van der Waals surface area contributed by atoms with Crippen LogP contribution in [0.25, 0.3) is 0 Å². The molecular weight excluding hydrogens is 232 g/mol. The average Bonchev–Trinajstić information content (AvgIpc) is 2.89. The summed E-state index contributed by atoms with van der Waals surface area (Å²) in [5, 5.41) is 0. The third-order valence-corrected chi connectivity index (χ3v) is 3.03. The summed E-state index contributed by atoms with van der Waals surface area (Å²) >= 11 is 0. The van der Waals surface area contributed by atoms with Crippen molar-refractivity contribution in [3.05, 3.63) is 12.2 Å². The molecule has 1 fully saturated rings. The first kappa shape index (κ1) is 14.4. The van der Waals surface area contributed by atoms with E-state index in [4.69, 9.17) is 5.73 Å². The Morgan fingerprint density at radius 3 is 2.11 bits per heavy atom. The molecule has 100 valence electrons. The average molecular weight is 252 g/mol. The van der Waals surface area contributed by atoms with Gasteiger partial charge in [0.25, 0.3) is 11.8 Å². The van der Waals surface area contributed by atoms with Crippen molar-refractivity contribution in [3.8, 4) is 0 Å². The SMILES string of the molecule is CCCC(N)=O.O=C1C=CC(=O)N1C1CCCC1. The molecule has 0 aromatic carbocycles.